The first-order valence-corrected chi connectivity index (χ1v) is 23.0. The molecule has 0 N–H and O–H groups in total. The van der Waals surface area contributed by atoms with Gasteiger partial charge in [0, 0.05) is 0 Å². The molecule has 0 aromatic rings. The molecule has 0 spiro atoms. The van der Waals surface area contributed by atoms with Gasteiger partial charge in [0.2, 0.25) is 0 Å². The van der Waals surface area contributed by atoms with Crippen molar-refractivity contribution in [1.82, 2.24) is 0 Å². The van der Waals surface area contributed by atoms with E-state index < -0.39 is 18.4 Å². The summed E-state index contributed by atoms with van der Waals surface area (Å²) in [4.78, 5) is 0. The molecular formula is C30H62Sn. The Morgan fingerprint density at radius 3 is 1.10 bits per heavy atom. The molecule has 0 saturated heterocycles. The van der Waals surface area contributed by atoms with E-state index >= 15 is 0 Å². The van der Waals surface area contributed by atoms with Gasteiger partial charge in [-0.2, -0.15) is 0 Å². The summed E-state index contributed by atoms with van der Waals surface area (Å²) in [6.45, 7) is 7.06. The van der Waals surface area contributed by atoms with Crippen LogP contribution in [0.25, 0.3) is 0 Å². The van der Waals surface area contributed by atoms with E-state index in [1.165, 1.54) is 81.0 Å². The van der Waals surface area contributed by atoms with E-state index in [0.717, 1.165) is 0 Å². The topological polar surface area (TPSA) is 0 Å². The Balaban J connectivity index is 2.63. The fourth-order valence-corrected chi connectivity index (χ4v) is 24.9. The summed E-state index contributed by atoms with van der Waals surface area (Å²) in [6, 6.07) is 0. The average molecular weight is 542 g/mol. The molecule has 186 valence electrons. The molecule has 0 aromatic carbocycles. The van der Waals surface area contributed by atoms with Crippen LogP contribution in [0.15, 0.2) is 0 Å². The zero-order valence-corrected chi connectivity index (χ0v) is 25.3. The van der Waals surface area contributed by atoms with E-state index in [4.69, 9.17) is 0 Å². The fourth-order valence-electron chi connectivity index (χ4n) is 6.47. The molecule has 0 amide bonds. The first-order valence-electron chi connectivity index (χ1n) is 15.3. The third kappa shape index (κ3) is 14.6. The first-order chi connectivity index (χ1) is 15.3. The number of unbranched alkanes of at least 4 members (excludes halogenated alkanes) is 15. The third-order valence-electron chi connectivity index (χ3n) is 8.56. The van der Waals surface area contributed by atoms with Crippen LogP contribution >= 0.6 is 0 Å². The minimum atomic E-state index is -2.03. The third-order valence-corrected chi connectivity index (χ3v) is 26.7. The standard InChI is InChI=1S/3C8H17.C6H11.Sn/c3*1-3-5-7-8-6-4-2;1-2-4-6-5-3-1;/h3*1,3-8H2,2H3;1H,2-6H2;. The van der Waals surface area contributed by atoms with E-state index in [1.807, 2.05) is 0 Å². The molecule has 0 heterocycles. The van der Waals surface area contributed by atoms with Gasteiger partial charge < -0.3 is 0 Å². The van der Waals surface area contributed by atoms with Crippen LogP contribution in [0, 0.1) is 0 Å². The summed E-state index contributed by atoms with van der Waals surface area (Å²) in [5, 5.41) is 0. The van der Waals surface area contributed by atoms with Crippen LogP contribution in [-0.4, -0.2) is 18.4 Å². The molecule has 0 atom stereocenters. The van der Waals surface area contributed by atoms with E-state index in [2.05, 4.69) is 20.8 Å². The van der Waals surface area contributed by atoms with E-state index in [1.54, 1.807) is 83.9 Å². The normalized spacial score (nSPS) is 15.6. The summed E-state index contributed by atoms with van der Waals surface area (Å²) in [5.41, 5.74) is 0. The Morgan fingerprint density at radius 2 is 0.742 bits per heavy atom. The molecule has 0 aliphatic heterocycles. The van der Waals surface area contributed by atoms with Crippen LogP contribution in [-0.2, 0) is 0 Å². The van der Waals surface area contributed by atoms with Crippen LogP contribution in [0.3, 0.4) is 0 Å². The average Bonchev–Trinajstić information content (AvgIpc) is 2.80. The second-order valence-electron chi connectivity index (χ2n) is 11.3. The van der Waals surface area contributed by atoms with Gasteiger partial charge >= 0.3 is 204 Å². The summed E-state index contributed by atoms with van der Waals surface area (Å²) in [5.74, 6) is 0. The fraction of sp³-hybridized carbons (Fsp3) is 1.00. The van der Waals surface area contributed by atoms with E-state index in [0.29, 0.717) is 0 Å². The first kappa shape index (κ1) is 29.8. The molecule has 1 aliphatic rings. The molecule has 1 rings (SSSR count). The Morgan fingerprint density at radius 1 is 0.419 bits per heavy atom. The van der Waals surface area contributed by atoms with Gasteiger partial charge in [0.15, 0.2) is 0 Å². The number of hydrogen-bond donors (Lipinski definition) is 0. The monoisotopic (exact) mass is 542 g/mol. The van der Waals surface area contributed by atoms with Crippen LogP contribution in [0.5, 0.6) is 0 Å². The summed E-state index contributed by atoms with van der Waals surface area (Å²) >= 11 is -2.03. The maximum absolute atomic E-state index is 2.35. The van der Waals surface area contributed by atoms with Crippen molar-refractivity contribution >= 4 is 18.4 Å². The van der Waals surface area contributed by atoms with Gasteiger partial charge in [-0.25, -0.2) is 0 Å². The molecule has 1 fully saturated rings. The van der Waals surface area contributed by atoms with Gasteiger partial charge in [0.25, 0.3) is 0 Å². The predicted octanol–water partition coefficient (Wildman–Crippen LogP) is 11.9. The molecule has 0 aromatic heterocycles. The number of rotatable bonds is 22. The van der Waals surface area contributed by atoms with Gasteiger partial charge in [-0.15, -0.1) is 0 Å². The molecule has 1 heteroatoms. The van der Waals surface area contributed by atoms with E-state index in [9.17, 15) is 0 Å². The summed E-state index contributed by atoms with van der Waals surface area (Å²) in [6.07, 6.45) is 35.1. The predicted molar refractivity (Wildman–Crippen MR) is 147 cm³/mol. The SMILES string of the molecule is CCCCCCC[CH2][Sn]([CH2]CCCCCCC)([CH2]CCCCCCC)[CH]1CCCCC1. The zero-order chi connectivity index (χ0) is 22.5. The Hall–Kier alpha value is 0.799. The van der Waals surface area contributed by atoms with Gasteiger partial charge in [0.05, 0.1) is 0 Å². The molecular weight excluding hydrogens is 479 g/mol. The number of hydrogen-bond acceptors (Lipinski definition) is 0. The zero-order valence-electron chi connectivity index (χ0n) is 22.5. The van der Waals surface area contributed by atoms with Crippen molar-refractivity contribution in [2.75, 3.05) is 0 Å². The van der Waals surface area contributed by atoms with Crippen LogP contribution in [0.2, 0.25) is 17.2 Å². The Bertz CT molecular complexity index is 317. The van der Waals surface area contributed by atoms with Crippen molar-refractivity contribution in [3.05, 3.63) is 0 Å². The van der Waals surface area contributed by atoms with Gasteiger partial charge in [0.1, 0.15) is 0 Å². The van der Waals surface area contributed by atoms with Crippen molar-refractivity contribution in [2.24, 2.45) is 0 Å². The van der Waals surface area contributed by atoms with Crippen molar-refractivity contribution in [3.63, 3.8) is 0 Å². The van der Waals surface area contributed by atoms with Crippen molar-refractivity contribution in [2.45, 2.75) is 186 Å². The van der Waals surface area contributed by atoms with Crippen molar-refractivity contribution in [3.8, 4) is 0 Å². The van der Waals surface area contributed by atoms with Crippen molar-refractivity contribution in [1.29, 1.82) is 0 Å². The van der Waals surface area contributed by atoms with E-state index in [-0.39, 0.29) is 0 Å². The maximum atomic E-state index is 2.35. The van der Waals surface area contributed by atoms with Gasteiger partial charge in [-0.3, -0.25) is 0 Å². The Kier molecular flexibility index (Phi) is 20.5. The molecule has 1 saturated carbocycles. The quantitative estimate of drug-likeness (QED) is 0.0945. The second kappa shape index (κ2) is 21.3. The molecule has 0 nitrogen and oxygen atoms in total. The van der Waals surface area contributed by atoms with Gasteiger partial charge in [-0.05, 0) is 0 Å². The van der Waals surface area contributed by atoms with Crippen LogP contribution in [0.4, 0.5) is 0 Å². The molecule has 31 heavy (non-hydrogen) atoms. The van der Waals surface area contributed by atoms with Crippen LogP contribution in [0.1, 0.15) is 168 Å². The van der Waals surface area contributed by atoms with Crippen LogP contribution < -0.4 is 0 Å². The molecule has 0 radical (unpaired) electrons. The van der Waals surface area contributed by atoms with Gasteiger partial charge in [-0.1, -0.05) is 0 Å². The molecule has 0 bridgehead atoms. The summed E-state index contributed by atoms with van der Waals surface area (Å²) < 4.78 is 6.59. The second-order valence-corrected chi connectivity index (χ2v) is 25.6. The molecule has 1 aliphatic carbocycles. The van der Waals surface area contributed by atoms with Crippen molar-refractivity contribution < 1.29 is 0 Å². The molecule has 0 unspecified atom stereocenters. The minimum absolute atomic E-state index is 1.27. The Labute approximate surface area is 203 Å². The summed E-state index contributed by atoms with van der Waals surface area (Å²) in [7, 11) is 0.